The van der Waals surface area contributed by atoms with Crippen molar-refractivity contribution in [3.8, 4) is 5.75 Å². The fourth-order valence-corrected chi connectivity index (χ4v) is 2.57. The zero-order valence-corrected chi connectivity index (χ0v) is 14.4. The van der Waals surface area contributed by atoms with Crippen LogP contribution < -0.4 is 4.74 Å². The fourth-order valence-electron chi connectivity index (χ4n) is 2.57. The molecule has 0 spiro atoms. The third-order valence-electron chi connectivity index (χ3n) is 3.92. The van der Waals surface area contributed by atoms with Crippen LogP contribution in [0, 0.1) is 0 Å². The van der Waals surface area contributed by atoms with Crippen LogP contribution in [0.25, 0.3) is 0 Å². The van der Waals surface area contributed by atoms with E-state index in [4.69, 9.17) is 9.47 Å². The minimum absolute atomic E-state index is 0.321. The SMILES string of the molecule is CCCCCCc1ccccc1OC(=O)OCCc1ccccc1. The summed E-state index contributed by atoms with van der Waals surface area (Å²) in [4.78, 5) is 11.9. The first-order chi connectivity index (χ1) is 11.8. The number of hydrogen-bond acceptors (Lipinski definition) is 3. The van der Waals surface area contributed by atoms with Crippen molar-refractivity contribution >= 4 is 6.16 Å². The lowest BCUT2D eigenvalue weighted by Gasteiger charge is -2.10. The molecule has 0 fully saturated rings. The summed E-state index contributed by atoms with van der Waals surface area (Å²) in [5.74, 6) is 0.610. The average molecular weight is 326 g/mol. The Morgan fingerprint density at radius 1 is 0.875 bits per heavy atom. The maximum absolute atomic E-state index is 11.9. The molecule has 2 rings (SSSR count). The molecule has 3 heteroatoms. The molecule has 128 valence electrons. The molecule has 0 radical (unpaired) electrons. The predicted octanol–water partition coefficient (Wildman–Crippen LogP) is 5.57. The molecule has 0 bridgehead atoms. The van der Waals surface area contributed by atoms with Crippen molar-refractivity contribution in [3.05, 3.63) is 65.7 Å². The summed E-state index contributed by atoms with van der Waals surface area (Å²) in [6, 6.07) is 17.6. The summed E-state index contributed by atoms with van der Waals surface area (Å²) in [7, 11) is 0. The molecule has 0 saturated heterocycles. The third-order valence-corrected chi connectivity index (χ3v) is 3.92. The Balaban J connectivity index is 1.78. The molecule has 0 aromatic heterocycles. The van der Waals surface area contributed by atoms with Gasteiger partial charge < -0.3 is 9.47 Å². The van der Waals surface area contributed by atoms with Crippen molar-refractivity contribution in [2.45, 2.75) is 45.4 Å². The Labute approximate surface area is 144 Å². The van der Waals surface area contributed by atoms with E-state index in [1.807, 2.05) is 54.6 Å². The van der Waals surface area contributed by atoms with Gasteiger partial charge in [-0.15, -0.1) is 0 Å². The van der Waals surface area contributed by atoms with Crippen molar-refractivity contribution in [2.75, 3.05) is 6.61 Å². The lowest BCUT2D eigenvalue weighted by molar-refractivity contribution is 0.0997. The van der Waals surface area contributed by atoms with Crippen molar-refractivity contribution in [1.82, 2.24) is 0 Å². The summed E-state index contributed by atoms with van der Waals surface area (Å²) < 4.78 is 10.6. The molecule has 24 heavy (non-hydrogen) atoms. The summed E-state index contributed by atoms with van der Waals surface area (Å²) in [6.07, 6.45) is 5.74. The zero-order valence-electron chi connectivity index (χ0n) is 14.4. The molecule has 0 amide bonds. The fraction of sp³-hybridized carbons (Fsp3) is 0.381. The van der Waals surface area contributed by atoms with Crippen molar-refractivity contribution in [1.29, 1.82) is 0 Å². The average Bonchev–Trinajstić information content (AvgIpc) is 2.61. The Kier molecular flexibility index (Phi) is 7.88. The van der Waals surface area contributed by atoms with E-state index in [1.165, 1.54) is 19.3 Å². The van der Waals surface area contributed by atoms with Crippen LogP contribution in [0.5, 0.6) is 5.75 Å². The number of benzene rings is 2. The van der Waals surface area contributed by atoms with Crippen LogP contribution in [0.1, 0.15) is 43.7 Å². The number of para-hydroxylation sites is 1. The summed E-state index contributed by atoms with van der Waals surface area (Å²) in [5, 5.41) is 0. The van der Waals surface area contributed by atoms with Gasteiger partial charge in [0.15, 0.2) is 0 Å². The highest BCUT2D eigenvalue weighted by Crippen LogP contribution is 2.21. The van der Waals surface area contributed by atoms with Crippen LogP contribution in [0.2, 0.25) is 0 Å². The van der Waals surface area contributed by atoms with Crippen LogP contribution in [0.15, 0.2) is 54.6 Å². The van der Waals surface area contributed by atoms with E-state index in [0.717, 1.165) is 24.0 Å². The molecular formula is C21H26O3. The number of ether oxygens (including phenoxy) is 2. The van der Waals surface area contributed by atoms with Gasteiger partial charge in [0.05, 0.1) is 6.61 Å². The first-order valence-electron chi connectivity index (χ1n) is 8.76. The predicted molar refractivity (Wildman–Crippen MR) is 96.4 cm³/mol. The van der Waals surface area contributed by atoms with Crippen molar-refractivity contribution in [3.63, 3.8) is 0 Å². The van der Waals surface area contributed by atoms with E-state index in [9.17, 15) is 4.79 Å². The van der Waals surface area contributed by atoms with Crippen molar-refractivity contribution in [2.24, 2.45) is 0 Å². The third kappa shape index (κ3) is 6.45. The molecule has 0 unspecified atom stereocenters. The zero-order chi connectivity index (χ0) is 17.0. The van der Waals surface area contributed by atoms with Gasteiger partial charge in [-0.25, -0.2) is 4.79 Å². The largest absolute Gasteiger partial charge is 0.513 e. The maximum atomic E-state index is 11.9. The standard InChI is InChI=1S/C21H26O3/c1-2-3-4-8-13-19-14-9-10-15-20(19)24-21(22)23-17-16-18-11-6-5-7-12-18/h5-7,9-12,14-15H,2-4,8,13,16-17H2,1H3. The second kappa shape index (κ2) is 10.5. The second-order valence-corrected chi connectivity index (χ2v) is 5.85. The van der Waals surface area contributed by atoms with Gasteiger partial charge in [-0.3, -0.25) is 0 Å². The Morgan fingerprint density at radius 2 is 1.62 bits per heavy atom. The first-order valence-corrected chi connectivity index (χ1v) is 8.76. The summed E-state index contributed by atoms with van der Waals surface area (Å²) in [5.41, 5.74) is 2.20. The minimum Gasteiger partial charge on any atom is -0.434 e. The quantitative estimate of drug-likeness (QED) is 0.343. The van der Waals surface area contributed by atoms with E-state index in [2.05, 4.69) is 6.92 Å². The van der Waals surface area contributed by atoms with E-state index >= 15 is 0 Å². The van der Waals surface area contributed by atoms with Gasteiger partial charge in [0.25, 0.3) is 0 Å². The second-order valence-electron chi connectivity index (χ2n) is 5.85. The molecule has 3 nitrogen and oxygen atoms in total. The normalized spacial score (nSPS) is 10.4. The van der Waals surface area contributed by atoms with Gasteiger partial charge in [0.2, 0.25) is 0 Å². The lowest BCUT2D eigenvalue weighted by atomic mass is 10.1. The molecule has 0 saturated carbocycles. The van der Waals surface area contributed by atoms with Crippen LogP contribution in [0.4, 0.5) is 4.79 Å². The van der Waals surface area contributed by atoms with Crippen LogP contribution in [0.3, 0.4) is 0 Å². The molecule has 0 heterocycles. The highest BCUT2D eigenvalue weighted by molar-refractivity contribution is 5.64. The summed E-state index contributed by atoms with van der Waals surface area (Å²) >= 11 is 0. The molecular weight excluding hydrogens is 300 g/mol. The Morgan fingerprint density at radius 3 is 2.42 bits per heavy atom. The topological polar surface area (TPSA) is 35.5 Å². The highest BCUT2D eigenvalue weighted by Gasteiger charge is 2.10. The molecule has 0 aliphatic carbocycles. The van der Waals surface area contributed by atoms with E-state index in [-0.39, 0.29) is 0 Å². The summed E-state index contributed by atoms with van der Waals surface area (Å²) in [6.45, 7) is 2.52. The van der Waals surface area contributed by atoms with Gasteiger partial charge in [-0.1, -0.05) is 74.7 Å². The number of aryl methyl sites for hydroxylation is 1. The molecule has 0 N–H and O–H groups in total. The van der Waals surface area contributed by atoms with Crippen LogP contribution >= 0.6 is 0 Å². The monoisotopic (exact) mass is 326 g/mol. The van der Waals surface area contributed by atoms with Crippen LogP contribution in [-0.4, -0.2) is 12.8 Å². The number of carbonyl (C=O) groups is 1. The number of carbonyl (C=O) groups excluding carboxylic acids is 1. The first kappa shape index (κ1) is 18.1. The highest BCUT2D eigenvalue weighted by atomic mass is 16.7. The van der Waals surface area contributed by atoms with E-state index in [0.29, 0.717) is 18.8 Å². The smallest absolute Gasteiger partial charge is 0.434 e. The molecule has 0 atom stereocenters. The van der Waals surface area contributed by atoms with Gasteiger partial charge >= 0.3 is 6.16 Å². The molecule has 2 aromatic carbocycles. The van der Waals surface area contributed by atoms with Crippen molar-refractivity contribution < 1.29 is 14.3 Å². The lowest BCUT2D eigenvalue weighted by Crippen LogP contribution is -2.13. The van der Waals surface area contributed by atoms with Gasteiger partial charge in [0.1, 0.15) is 5.75 Å². The van der Waals surface area contributed by atoms with Crippen LogP contribution in [-0.2, 0) is 17.6 Å². The Bertz CT molecular complexity index is 607. The van der Waals surface area contributed by atoms with E-state index in [1.54, 1.807) is 0 Å². The maximum Gasteiger partial charge on any atom is 0.513 e. The molecule has 0 aliphatic rings. The van der Waals surface area contributed by atoms with Gasteiger partial charge in [0, 0.05) is 6.42 Å². The van der Waals surface area contributed by atoms with E-state index < -0.39 is 6.16 Å². The Hall–Kier alpha value is -2.29. The number of rotatable bonds is 9. The number of hydrogen-bond donors (Lipinski definition) is 0. The molecule has 0 aliphatic heterocycles. The number of unbranched alkanes of at least 4 members (excludes halogenated alkanes) is 3. The minimum atomic E-state index is -0.632. The van der Waals surface area contributed by atoms with Gasteiger partial charge in [-0.05, 0) is 30.0 Å². The van der Waals surface area contributed by atoms with Gasteiger partial charge in [-0.2, -0.15) is 0 Å². The molecule has 2 aromatic rings.